The average Bonchev–Trinajstić information content (AvgIpc) is 2.53. The second kappa shape index (κ2) is 8.46. The lowest BCUT2D eigenvalue weighted by Gasteiger charge is -2.23. The lowest BCUT2D eigenvalue weighted by atomic mass is 10.2. The van der Waals surface area contributed by atoms with E-state index in [1.165, 1.54) is 0 Å². The molecule has 2 atom stereocenters. The second-order valence-electron chi connectivity index (χ2n) is 4.91. The van der Waals surface area contributed by atoms with Crippen molar-refractivity contribution in [2.45, 2.75) is 45.2 Å². The van der Waals surface area contributed by atoms with Gasteiger partial charge in [0.15, 0.2) is 6.29 Å². The summed E-state index contributed by atoms with van der Waals surface area (Å²) >= 11 is 0. The number of benzene rings is 1. The number of rotatable bonds is 4. The van der Waals surface area contributed by atoms with E-state index < -0.39 is 5.97 Å². The van der Waals surface area contributed by atoms with Gasteiger partial charge in [0.05, 0.1) is 0 Å². The Morgan fingerprint density at radius 3 is 2.90 bits per heavy atom. The third kappa shape index (κ3) is 5.99. The molecule has 2 unspecified atom stereocenters. The second-order valence-corrected chi connectivity index (χ2v) is 4.91. The first-order valence-electron chi connectivity index (χ1n) is 7.23. The largest absolute Gasteiger partial charge is 0.451 e. The van der Waals surface area contributed by atoms with Crippen LogP contribution in [0.2, 0.25) is 0 Å². The van der Waals surface area contributed by atoms with E-state index in [1.54, 1.807) is 6.92 Å². The summed E-state index contributed by atoms with van der Waals surface area (Å²) in [4.78, 5) is 11.5. The molecule has 1 saturated heterocycles. The highest BCUT2D eigenvalue weighted by atomic mass is 16.7. The molecule has 1 aromatic rings. The van der Waals surface area contributed by atoms with Gasteiger partial charge >= 0.3 is 5.97 Å². The monoisotopic (exact) mass is 288 g/mol. The predicted octanol–water partition coefficient (Wildman–Crippen LogP) is 2.66. The van der Waals surface area contributed by atoms with Crippen LogP contribution in [0.1, 0.15) is 31.7 Å². The van der Waals surface area contributed by atoms with E-state index in [0.717, 1.165) is 31.4 Å². The highest BCUT2D eigenvalue weighted by Crippen LogP contribution is 2.14. The van der Waals surface area contributed by atoms with Gasteiger partial charge in [-0.2, -0.15) is 0 Å². The van der Waals surface area contributed by atoms with E-state index >= 15 is 0 Å². The number of esters is 1. The van der Waals surface area contributed by atoms with Crippen molar-refractivity contribution in [3.8, 4) is 11.8 Å². The molecule has 0 amide bonds. The Morgan fingerprint density at radius 1 is 1.38 bits per heavy atom. The minimum Gasteiger partial charge on any atom is -0.451 e. The molecule has 0 N–H and O–H groups in total. The van der Waals surface area contributed by atoms with Crippen LogP contribution in [0, 0.1) is 11.8 Å². The van der Waals surface area contributed by atoms with Crippen molar-refractivity contribution in [3.63, 3.8) is 0 Å². The fraction of sp³-hybridized carbons (Fsp3) is 0.471. The Labute approximate surface area is 125 Å². The Balaban J connectivity index is 1.71. The van der Waals surface area contributed by atoms with Gasteiger partial charge in [-0.3, -0.25) is 0 Å². The maximum Gasteiger partial charge on any atom is 0.384 e. The first-order chi connectivity index (χ1) is 10.2. The molecular formula is C17H20O4. The molecule has 0 saturated carbocycles. The van der Waals surface area contributed by atoms with Crippen molar-refractivity contribution in [1.82, 2.24) is 0 Å². The molecule has 0 aromatic heterocycles. The molecule has 2 rings (SSSR count). The summed E-state index contributed by atoms with van der Waals surface area (Å²) in [5.74, 6) is 4.65. The molecule has 4 nitrogen and oxygen atoms in total. The summed E-state index contributed by atoms with van der Waals surface area (Å²) in [6.45, 7) is 2.76. The molecule has 1 aliphatic heterocycles. The molecule has 0 aliphatic carbocycles. The molecule has 1 heterocycles. The van der Waals surface area contributed by atoms with Gasteiger partial charge in [-0.05, 0) is 31.7 Å². The summed E-state index contributed by atoms with van der Waals surface area (Å²) < 4.78 is 16.1. The van der Waals surface area contributed by atoms with E-state index in [2.05, 4.69) is 11.8 Å². The average molecular weight is 288 g/mol. The molecule has 21 heavy (non-hydrogen) atoms. The minimum atomic E-state index is -0.543. The predicted molar refractivity (Wildman–Crippen MR) is 78.2 cm³/mol. The van der Waals surface area contributed by atoms with Gasteiger partial charge in [0, 0.05) is 12.5 Å². The molecule has 0 radical (unpaired) electrons. The molecule has 1 aromatic carbocycles. The zero-order valence-electron chi connectivity index (χ0n) is 12.2. The van der Waals surface area contributed by atoms with Gasteiger partial charge < -0.3 is 14.2 Å². The highest BCUT2D eigenvalue weighted by molar-refractivity contribution is 5.88. The van der Waals surface area contributed by atoms with E-state index in [1.807, 2.05) is 30.3 Å². The molecule has 4 heteroatoms. The van der Waals surface area contributed by atoms with Crippen LogP contribution in [0.15, 0.2) is 30.3 Å². The van der Waals surface area contributed by atoms with Gasteiger partial charge in [-0.1, -0.05) is 36.3 Å². The highest BCUT2D eigenvalue weighted by Gasteiger charge is 2.16. The maximum absolute atomic E-state index is 11.5. The Morgan fingerprint density at radius 2 is 2.19 bits per heavy atom. The third-order valence-corrected chi connectivity index (χ3v) is 3.08. The van der Waals surface area contributed by atoms with Crippen LogP contribution in [0.25, 0.3) is 0 Å². The van der Waals surface area contributed by atoms with Crippen LogP contribution in [0.3, 0.4) is 0 Å². The quantitative estimate of drug-likeness (QED) is 0.485. The number of ether oxygens (including phenoxy) is 3. The summed E-state index contributed by atoms with van der Waals surface area (Å²) in [5.41, 5.74) is 0.938. The first-order valence-corrected chi connectivity index (χ1v) is 7.23. The molecule has 0 bridgehead atoms. The summed E-state index contributed by atoms with van der Waals surface area (Å²) in [6, 6.07) is 9.50. The number of carbonyl (C=O) groups is 1. The Bertz CT molecular complexity index is 495. The van der Waals surface area contributed by atoms with Gasteiger partial charge in [-0.15, -0.1) is 0 Å². The third-order valence-electron chi connectivity index (χ3n) is 3.08. The Hall–Kier alpha value is -1.83. The number of hydrogen-bond acceptors (Lipinski definition) is 4. The van der Waals surface area contributed by atoms with Gasteiger partial charge in [0.2, 0.25) is 0 Å². The minimum absolute atomic E-state index is 0.205. The molecular weight excluding hydrogens is 268 g/mol. The van der Waals surface area contributed by atoms with E-state index in [9.17, 15) is 4.79 Å². The van der Waals surface area contributed by atoms with Crippen LogP contribution in [0.4, 0.5) is 0 Å². The fourth-order valence-electron chi connectivity index (χ4n) is 2.00. The van der Waals surface area contributed by atoms with E-state index in [-0.39, 0.29) is 19.0 Å². The molecule has 1 aliphatic rings. The van der Waals surface area contributed by atoms with Crippen molar-refractivity contribution < 1.29 is 19.0 Å². The molecule has 112 valence electrons. The van der Waals surface area contributed by atoms with Crippen molar-refractivity contribution in [3.05, 3.63) is 35.9 Å². The lowest BCUT2D eigenvalue weighted by molar-refractivity contribution is -0.173. The zero-order valence-corrected chi connectivity index (χ0v) is 12.2. The summed E-state index contributed by atoms with van der Waals surface area (Å²) in [6.07, 6.45) is 2.50. The van der Waals surface area contributed by atoms with Crippen molar-refractivity contribution in [1.29, 1.82) is 0 Å². The van der Waals surface area contributed by atoms with Crippen LogP contribution in [-0.4, -0.2) is 25.0 Å². The lowest BCUT2D eigenvalue weighted by Crippen LogP contribution is -2.25. The van der Waals surface area contributed by atoms with Gasteiger partial charge in [-0.25, -0.2) is 4.79 Å². The SMILES string of the molecule is CC(C#CC(=O)OCc1ccccc1)OC1CCCCO1. The van der Waals surface area contributed by atoms with E-state index in [0.29, 0.717) is 0 Å². The van der Waals surface area contributed by atoms with E-state index in [4.69, 9.17) is 14.2 Å². The summed E-state index contributed by atoms with van der Waals surface area (Å²) in [7, 11) is 0. The zero-order chi connectivity index (χ0) is 14.9. The maximum atomic E-state index is 11.5. The normalized spacial score (nSPS) is 19.2. The molecule has 1 fully saturated rings. The van der Waals surface area contributed by atoms with Gasteiger partial charge in [0.25, 0.3) is 0 Å². The van der Waals surface area contributed by atoms with Gasteiger partial charge in [0.1, 0.15) is 12.7 Å². The summed E-state index contributed by atoms with van der Waals surface area (Å²) in [5, 5.41) is 0. The van der Waals surface area contributed by atoms with Crippen LogP contribution < -0.4 is 0 Å². The van der Waals surface area contributed by atoms with Crippen LogP contribution in [0.5, 0.6) is 0 Å². The van der Waals surface area contributed by atoms with Crippen molar-refractivity contribution >= 4 is 5.97 Å². The van der Waals surface area contributed by atoms with Crippen molar-refractivity contribution in [2.24, 2.45) is 0 Å². The van der Waals surface area contributed by atoms with Crippen molar-refractivity contribution in [2.75, 3.05) is 6.61 Å². The number of hydrogen-bond donors (Lipinski definition) is 0. The van der Waals surface area contributed by atoms with Crippen LogP contribution >= 0.6 is 0 Å². The topological polar surface area (TPSA) is 44.8 Å². The Kier molecular flexibility index (Phi) is 6.26. The fourth-order valence-corrected chi connectivity index (χ4v) is 2.00. The smallest absolute Gasteiger partial charge is 0.384 e. The first kappa shape index (κ1) is 15.6. The molecule has 0 spiro atoms. The van der Waals surface area contributed by atoms with Crippen LogP contribution in [-0.2, 0) is 25.6 Å². The number of carbonyl (C=O) groups excluding carboxylic acids is 1. The standard InChI is InChI=1S/C17H20O4/c1-14(21-17-9-5-6-12-19-17)10-11-16(18)20-13-15-7-3-2-4-8-15/h2-4,7-8,14,17H,5-6,9,12-13H2,1H3.